The smallest absolute Gasteiger partial charge is 0.191 e. The molecule has 0 spiro atoms. The molecule has 0 saturated heterocycles. The Morgan fingerprint density at radius 1 is 1.27 bits per heavy atom. The molecule has 0 aliphatic carbocycles. The second kappa shape index (κ2) is 11.7. The van der Waals surface area contributed by atoms with Gasteiger partial charge in [0, 0.05) is 38.9 Å². The van der Waals surface area contributed by atoms with Crippen LogP contribution in [0, 0.1) is 6.92 Å². The highest BCUT2D eigenvalue weighted by atomic mass is 127. The summed E-state index contributed by atoms with van der Waals surface area (Å²) in [6.07, 6.45) is 1.69. The molecule has 7 nitrogen and oxygen atoms in total. The van der Waals surface area contributed by atoms with Crippen molar-refractivity contribution in [2.45, 2.75) is 27.3 Å². The molecule has 0 atom stereocenters. The summed E-state index contributed by atoms with van der Waals surface area (Å²) in [6.45, 7) is 10.4. The lowest BCUT2D eigenvalue weighted by Gasteiger charge is -2.24. The van der Waals surface area contributed by atoms with Crippen molar-refractivity contribution < 1.29 is 0 Å². The van der Waals surface area contributed by atoms with Gasteiger partial charge in [0.25, 0.3) is 0 Å². The molecule has 8 heteroatoms. The highest BCUT2D eigenvalue weighted by molar-refractivity contribution is 14.0. The van der Waals surface area contributed by atoms with Crippen LogP contribution in [0.4, 0.5) is 5.69 Å². The van der Waals surface area contributed by atoms with Crippen LogP contribution in [-0.4, -0.2) is 46.9 Å². The van der Waals surface area contributed by atoms with E-state index in [1.165, 1.54) is 11.3 Å². The lowest BCUT2D eigenvalue weighted by atomic mass is 10.2. The zero-order valence-electron chi connectivity index (χ0n) is 16.1. The molecule has 2 rings (SSSR count). The van der Waals surface area contributed by atoms with Gasteiger partial charge in [-0.05, 0) is 38.5 Å². The largest absolute Gasteiger partial charge is 0.370 e. The van der Waals surface area contributed by atoms with Gasteiger partial charge < -0.3 is 20.1 Å². The first-order valence-corrected chi connectivity index (χ1v) is 8.80. The number of aryl methyl sites for hydroxylation is 2. The van der Waals surface area contributed by atoms with E-state index >= 15 is 0 Å². The SMILES string of the molecule is CCNC(=NCc1nncn1C)NCCN(CC)c1cccc(C)c1.I. The fourth-order valence-corrected chi connectivity index (χ4v) is 2.55. The topological polar surface area (TPSA) is 70.4 Å². The fourth-order valence-electron chi connectivity index (χ4n) is 2.55. The molecule has 0 aliphatic heterocycles. The zero-order chi connectivity index (χ0) is 18.1. The summed E-state index contributed by atoms with van der Waals surface area (Å²) in [5.74, 6) is 1.64. The Labute approximate surface area is 173 Å². The molecule has 0 radical (unpaired) electrons. The highest BCUT2D eigenvalue weighted by Gasteiger charge is 2.05. The molecule has 0 saturated carbocycles. The van der Waals surface area contributed by atoms with E-state index in [1.54, 1.807) is 6.33 Å². The number of hydrogen-bond donors (Lipinski definition) is 2. The first-order chi connectivity index (χ1) is 12.1. The Kier molecular flexibility index (Phi) is 10.0. The van der Waals surface area contributed by atoms with E-state index in [0.717, 1.165) is 38.0 Å². The number of rotatable bonds is 8. The maximum Gasteiger partial charge on any atom is 0.191 e. The van der Waals surface area contributed by atoms with Crippen molar-refractivity contribution in [3.8, 4) is 0 Å². The van der Waals surface area contributed by atoms with E-state index < -0.39 is 0 Å². The van der Waals surface area contributed by atoms with E-state index in [0.29, 0.717) is 6.54 Å². The van der Waals surface area contributed by atoms with Gasteiger partial charge in [0.05, 0.1) is 0 Å². The maximum absolute atomic E-state index is 4.58. The number of likely N-dealkylation sites (N-methyl/N-ethyl adjacent to an activating group) is 1. The number of nitrogens with zero attached hydrogens (tertiary/aromatic N) is 5. The van der Waals surface area contributed by atoms with Gasteiger partial charge in [-0.3, -0.25) is 0 Å². The van der Waals surface area contributed by atoms with E-state index in [1.807, 2.05) is 11.6 Å². The van der Waals surface area contributed by atoms with Gasteiger partial charge >= 0.3 is 0 Å². The van der Waals surface area contributed by atoms with Crippen LogP contribution in [0.2, 0.25) is 0 Å². The summed E-state index contributed by atoms with van der Waals surface area (Å²) >= 11 is 0. The summed E-state index contributed by atoms with van der Waals surface area (Å²) in [5.41, 5.74) is 2.54. The van der Waals surface area contributed by atoms with E-state index in [-0.39, 0.29) is 24.0 Å². The van der Waals surface area contributed by atoms with Gasteiger partial charge in [-0.15, -0.1) is 34.2 Å². The highest BCUT2D eigenvalue weighted by Crippen LogP contribution is 2.14. The van der Waals surface area contributed by atoms with E-state index in [9.17, 15) is 0 Å². The Hall–Kier alpha value is -1.84. The number of anilines is 1. The minimum atomic E-state index is 0. The van der Waals surface area contributed by atoms with Crippen molar-refractivity contribution in [1.29, 1.82) is 0 Å². The molecule has 1 aromatic heterocycles. The Balaban J connectivity index is 0.00000338. The summed E-state index contributed by atoms with van der Waals surface area (Å²) < 4.78 is 1.88. The van der Waals surface area contributed by atoms with Crippen LogP contribution in [0.25, 0.3) is 0 Å². The van der Waals surface area contributed by atoms with Crippen LogP contribution in [0.1, 0.15) is 25.2 Å². The van der Waals surface area contributed by atoms with Crippen LogP contribution in [0.15, 0.2) is 35.6 Å². The van der Waals surface area contributed by atoms with Crippen molar-refractivity contribution in [2.24, 2.45) is 12.0 Å². The predicted molar refractivity (Wildman–Crippen MR) is 118 cm³/mol. The second-order valence-electron chi connectivity index (χ2n) is 5.90. The van der Waals surface area contributed by atoms with Crippen LogP contribution in [0.3, 0.4) is 0 Å². The number of nitrogens with one attached hydrogen (secondary N) is 2. The third-order valence-corrected chi connectivity index (χ3v) is 3.95. The Morgan fingerprint density at radius 2 is 2.08 bits per heavy atom. The molecule has 0 unspecified atom stereocenters. The standard InChI is InChI=1S/C18H29N7.HI/c1-5-19-18(21-13-17-23-22-14-24(17)4)20-10-11-25(6-2)16-9-7-8-15(3)12-16;/h7-9,12,14H,5-6,10-11,13H2,1-4H3,(H2,19,20,21);1H. The minimum Gasteiger partial charge on any atom is -0.370 e. The first kappa shape index (κ1) is 22.2. The van der Waals surface area contributed by atoms with E-state index in [2.05, 4.69) is 75.8 Å². The summed E-state index contributed by atoms with van der Waals surface area (Å²) in [5, 5.41) is 14.6. The van der Waals surface area contributed by atoms with Gasteiger partial charge in [0.1, 0.15) is 12.9 Å². The normalized spacial score (nSPS) is 11.0. The Bertz CT molecular complexity index is 684. The molecule has 26 heavy (non-hydrogen) atoms. The number of aromatic nitrogens is 3. The molecule has 0 fully saturated rings. The molecule has 1 aromatic carbocycles. The van der Waals surface area contributed by atoms with Crippen LogP contribution in [0.5, 0.6) is 0 Å². The van der Waals surface area contributed by atoms with Crippen molar-refractivity contribution in [3.63, 3.8) is 0 Å². The lowest BCUT2D eigenvalue weighted by Crippen LogP contribution is -2.41. The average molecular weight is 471 g/mol. The van der Waals surface area contributed by atoms with Crippen LogP contribution in [-0.2, 0) is 13.6 Å². The third-order valence-electron chi connectivity index (χ3n) is 3.95. The quantitative estimate of drug-likeness (QED) is 0.352. The molecule has 0 bridgehead atoms. The van der Waals surface area contributed by atoms with Crippen LogP contribution < -0.4 is 15.5 Å². The minimum absolute atomic E-state index is 0. The van der Waals surface area contributed by atoms with Crippen molar-refractivity contribution in [1.82, 2.24) is 25.4 Å². The van der Waals surface area contributed by atoms with Crippen molar-refractivity contribution in [3.05, 3.63) is 42.0 Å². The Morgan fingerprint density at radius 3 is 2.69 bits per heavy atom. The van der Waals surface area contributed by atoms with Gasteiger partial charge in [-0.1, -0.05) is 12.1 Å². The second-order valence-corrected chi connectivity index (χ2v) is 5.90. The average Bonchev–Trinajstić information content (AvgIpc) is 3.01. The van der Waals surface area contributed by atoms with E-state index in [4.69, 9.17) is 0 Å². The summed E-state index contributed by atoms with van der Waals surface area (Å²) in [6, 6.07) is 8.60. The van der Waals surface area contributed by atoms with Crippen molar-refractivity contribution >= 4 is 35.6 Å². The molecule has 2 N–H and O–H groups in total. The molecule has 0 amide bonds. The number of aliphatic imine (C=N–C) groups is 1. The number of benzene rings is 1. The molecule has 144 valence electrons. The predicted octanol–water partition coefficient (Wildman–Crippen LogP) is 2.32. The van der Waals surface area contributed by atoms with Crippen LogP contribution >= 0.6 is 24.0 Å². The van der Waals surface area contributed by atoms with Crippen molar-refractivity contribution in [2.75, 3.05) is 31.1 Å². The lowest BCUT2D eigenvalue weighted by molar-refractivity contribution is 0.740. The molecular weight excluding hydrogens is 441 g/mol. The van der Waals surface area contributed by atoms with Gasteiger partial charge in [0.15, 0.2) is 11.8 Å². The number of guanidine groups is 1. The number of hydrogen-bond acceptors (Lipinski definition) is 4. The molecule has 1 heterocycles. The summed E-state index contributed by atoms with van der Waals surface area (Å²) in [7, 11) is 1.92. The first-order valence-electron chi connectivity index (χ1n) is 8.80. The van der Waals surface area contributed by atoms with Gasteiger partial charge in [0.2, 0.25) is 0 Å². The third kappa shape index (κ3) is 6.81. The molecular formula is C18H30IN7. The monoisotopic (exact) mass is 471 g/mol. The molecule has 0 aliphatic rings. The number of halogens is 1. The zero-order valence-corrected chi connectivity index (χ0v) is 18.4. The van der Waals surface area contributed by atoms with Gasteiger partial charge in [-0.25, -0.2) is 4.99 Å². The fraction of sp³-hybridized carbons (Fsp3) is 0.500. The maximum atomic E-state index is 4.58. The molecule has 2 aromatic rings. The summed E-state index contributed by atoms with van der Waals surface area (Å²) in [4.78, 5) is 6.93. The van der Waals surface area contributed by atoms with Gasteiger partial charge in [-0.2, -0.15) is 0 Å².